The first-order valence-corrected chi connectivity index (χ1v) is 10.1. The molecule has 1 unspecified atom stereocenters. The molecular formula is C20H26N2O4S. The fourth-order valence-corrected chi connectivity index (χ4v) is 3.33. The molecule has 6 nitrogen and oxygen atoms in total. The van der Waals surface area contributed by atoms with E-state index in [0.717, 1.165) is 15.6 Å². The molecule has 0 saturated carbocycles. The first-order chi connectivity index (χ1) is 12.6. The average Bonchev–Trinajstić information content (AvgIpc) is 2.62. The van der Waals surface area contributed by atoms with Crippen molar-refractivity contribution in [3.63, 3.8) is 0 Å². The van der Waals surface area contributed by atoms with Crippen LogP contribution in [0.3, 0.4) is 0 Å². The summed E-state index contributed by atoms with van der Waals surface area (Å²) >= 11 is 0. The summed E-state index contributed by atoms with van der Waals surface area (Å²) in [7, 11) is -0.681. The van der Waals surface area contributed by atoms with Crippen LogP contribution < -0.4 is 10.1 Å². The van der Waals surface area contributed by atoms with Gasteiger partial charge in [-0.25, -0.2) is 12.7 Å². The van der Waals surface area contributed by atoms with Gasteiger partial charge in [-0.05, 0) is 62.2 Å². The zero-order valence-corrected chi connectivity index (χ0v) is 17.1. The van der Waals surface area contributed by atoms with E-state index in [0.29, 0.717) is 6.61 Å². The Labute approximate surface area is 161 Å². The number of aryl methyl sites for hydroxylation is 2. The number of hydrogen-bond acceptors (Lipinski definition) is 4. The number of rotatable bonds is 7. The van der Waals surface area contributed by atoms with E-state index in [9.17, 15) is 13.2 Å². The van der Waals surface area contributed by atoms with E-state index < -0.39 is 10.0 Å². The molecule has 0 bridgehead atoms. The molecule has 2 aromatic rings. The van der Waals surface area contributed by atoms with Crippen LogP contribution in [0.25, 0.3) is 0 Å². The highest BCUT2D eigenvalue weighted by Gasteiger charge is 2.19. The van der Waals surface area contributed by atoms with Gasteiger partial charge >= 0.3 is 0 Å². The van der Waals surface area contributed by atoms with Gasteiger partial charge in [0.05, 0.1) is 10.9 Å². The lowest BCUT2D eigenvalue weighted by atomic mass is 10.1. The van der Waals surface area contributed by atoms with Crippen molar-refractivity contribution in [3.05, 3.63) is 59.2 Å². The molecule has 146 valence electrons. The third-order valence-electron chi connectivity index (χ3n) is 4.23. The Morgan fingerprint density at radius 2 is 1.81 bits per heavy atom. The number of carbonyl (C=O) groups is 1. The van der Waals surface area contributed by atoms with Crippen molar-refractivity contribution in [2.45, 2.75) is 31.7 Å². The molecular weight excluding hydrogens is 364 g/mol. The Morgan fingerprint density at radius 1 is 1.11 bits per heavy atom. The van der Waals surface area contributed by atoms with Gasteiger partial charge in [-0.2, -0.15) is 0 Å². The molecule has 0 aromatic heterocycles. The molecule has 0 fully saturated rings. The summed E-state index contributed by atoms with van der Waals surface area (Å²) < 4.78 is 31.3. The number of ether oxygens (including phenoxy) is 1. The quantitative estimate of drug-likeness (QED) is 0.789. The smallest absolute Gasteiger partial charge is 0.251 e. The Balaban J connectivity index is 2.01. The Hall–Kier alpha value is -2.38. The second kappa shape index (κ2) is 8.54. The molecule has 0 aliphatic rings. The predicted molar refractivity (Wildman–Crippen MR) is 106 cm³/mol. The van der Waals surface area contributed by atoms with E-state index >= 15 is 0 Å². The third kappa shape index (κ3) is 5.30. The molecule has 2 aromatic carbocycles. The summed E-state index contributed by atoms with van der Waals surface area (Å²) in [6.45, 7) is 6.19. The number of carbonyl (C=O) groups excluding carboxylic acids is 1. The lowest BCUT2D eigenvalue weighted by Crippen LogP contribution is -2.36. The van der Waals surface area contributed by atoms with Gasteiger partial charge in [0.2, 0.25) is 10.0 Å². The average molecular weight is 391 g/mol. The van der Waals surface area contributed by atoms with E-state index in [1.807, 2.05) is 39.0 Å². The SMILES string of the molecule is Cc1ccc(OCC(C)NC(=O)c2cccc(S(=O)(=O)N(C)C)c2)cc1C. The highest BCUT2D eigenvalue weighted by Crippen LogP contribution is 2.17. The zero-order valence-electron chi connectivity index (χ0n) is 16.3. The molecule has 2 rings (SSSR count). The second-order valence-corrected chi connectivity index (χ2v) is 8.90. The lowest BCUT2D eigenvalue weighted by molar-refractivity contribution is 0.0926. The van der Waals surface area contributed by atoms with Crippen LogP contribution in [0, 0.1) is 13.8 Å². The van der Waals surface area contributed by atoms with Gasteiger partial charge in [0.15, 0.2) is 0 Å². The highest BCUT2D eigenvalue weighted by atomic mass is 32.2. The summed E-state index contributed by atoms with van der Waals surface area (Å²) in [5.74, 6) is 0.403. The van der Waals surface area contributed by atoms with Crippen molar-refractivity contribution >= 4 is 15.9 Å². The highest BCUT2D eigenvalue weighted by molar-refractivity contribution is 7.89. The standard InChI is InChI=1S/C20H26N2O4S/c1-14-9-10-18(11-15(14)2)26-13-16(3)21-20(23)17-7-6-8-19(12-17)27(24,25)22(4)5/h6-12,16H,13H2,1-5H3,(H,21,23). The lowest BCUT2D eigenvalue weighted by Gasteiger charge is -2.16. The maximum absolute atomic E-state index is 12.4. The van der Waals surface area contributed by atoms with Crippen LogP contribution in [0.4, 0.5) is 0 Å². The number of nitrogens with one attached hydrogen (secondary N) is 1. The molecule has 0 saturated heterocycles. The fourth-order valence-electron chi connectivity index (χ4n) is 2.38. The van der Waals surface area contributed by atoms with Gasteiger partial charge < -0.3 is 10.1 Å². The van der Waals surface area contributed by atoms with Crippen LogP contribution in [0.15, 0.2) is 47.4 Å². The fraction of sp³-hybridized carbons (Fsp3) is 0.350. The number of hydrogen-bond donors (Lipinski definition) is 1. The van der Waals surface area contributed by atoms with Gasteiger partial charge in [-0.3, -0.25) is 4.79 Å². The summed E-state index contributed by atoms with van der Waals surface area (Å²) in [4.78, 5) is 12.5. The molecule has 1 amide bonds. The Kier molecular flexibility index (Phi) is 6.62. The minimum atomic E-state index is -3.59. The summed E-state index contributed by atoms with van der Waals surface area (Å²) in [5.41, 5.74) is 2.62. The van der Waals surface area contributed by atoms with Gasteiger partial charge in [0.1, 0.15) is 12.4 Å². The summed E-state index contributed by atoms with van der Waals surface area (Å²) in [6.07, 6.45) is 0. The van der Waals surface area contributed by atoms with Crippen molar-refractivity contribution < 1.29 is 17.9 Å². The number of sulfonamides is 1. The molecule has 7 heteroatoms. The van der Waals surface area contributed by atoms with E-state index in [1.165, 1.54) is 31.8 Å². The number of nitrogens with zero attached hydrogens (tertiary/aromatic N) is 1. The predicted octanol–water partition coefficient (Wildman–Crippen LogP) is 2.75. The number of amides is 1. The van der Waals surface area contributed by atoms with Crippen molar-refractivity contribution in [2.75, 3.05) is 20.7 Å². The van der Waals surface area contributed by atoms with Crippen LogP contribution in [-0.4, -0.2) is 45.4 Å². The molecule has 0 aliphatic heterocycles. The Bertz CT molecular complexity index is 923. The van der Waals surface area contributed by atoms with Crippen LogP contribution in [0.5, 0.6) is 5.75 Å². The van der Waals surface area contributed by atoms with Crippen LogP contribution in [0.2, 0.25) is 0 Å². The molecule has 1 N–H and O–H groups in total. The largest absolute Gasteiger partial charge is 0.491 e. The minimum Gasteiger partial charge on any atom is -0.491 e. The van der Waals surface area contributed by atoms with E-state index in [2.05, 4.69) is 5.32 Å². The van der Waals surface area contributed by atoms with Crippen LogP contribution in [-0.2, 0) is 10.0 Å². The Morgan fingerprint density at radius 3 is 2.44 bits per heavy atom. The minimum absolute atomic E-state index is 0.0826. The van der Waals surface area contributed by atoms with Crippen molar-refractivity contribution in [2.24, 2.45) is 0 Å². The second-order valence-electron chi connectivity index (χ2n) is 6.75. The first-order valence-electron chi connectivity index (χ1n) is 8.65. The van der Waals surface area contributed by atoms with Gasteiger partial charge in [-0.15, -0.1) is 0 Å². The molecule has 27 heavy (non-hydrogen) atoms. The van der Waals surface area contributed by atoms with Crippen molar-refractivity contribution in [1.82, 2.24) is 9.62 Å². The maximum Gasteiger partial charge on any atom is 0.251 e. The molecule has 0 heterocycles. The van der Waals surface area contributed by atoms with E-state index in [1.54, 1.807) is 12.1 Å². The van der Waals surface area contributed by atoms with Gasteiger partial charge in [0.25, 0.3) is 5.91 Å². The van der Waals surface area contributed by atoms with Crippen molar-refractivity contribution in [1.29, 1.82) is 0 Å². The van der Waals surface area contributed by atoms with E-state index in [4.69, 9.17) is 4.74 Å². The monoisotopic (exact) mass is 390 g/mol. The zero-order chi connectivity index (χ0) is 20.2. The van der Waals surface area contributed by atoms with Crippen LogP contribution >= 0.6 is 0 Å². The van der Waals surface area contributed by atoms with Crippen molar-refractivity contribution in [3.8, 4) is 5.75 Å². The van der Waals surface area contributed by atoms with Gasteiger partial charge in [-0.1, -0.05) is 12.1 Å². The molecule has 0 radical (unpaired) electrons. The topological polar surface area (TPSA) is 75.7 Å². The molecule has 1 atom stereocenters. The number of benzene rings is 2. The van der Waals surface area contributed by atoms with Gasteiger partial charge in [0, 0.05) is 19.7 Å². The molecule has 0 aliphatic carbocycles. The summed E-state index contributed by atoms with van der Waals surface area (Å²) in [5, 5.41) is 2.83. The molecule has 0 spiro atoms. The third-order valence-corrected chi connectivity index (χ3v) is 6.04. The van der Waals surface area contributed by atoms with E-state index in [-0.39, 0.29) is 22.4 Å². The summed E-state index contributed by atoms with van der Waals surface area (Å²) in [6, 6.07) is 11.6. The normalized spacial score (nSPS) is 12.7. The first kappa shape index (κ1) is 20.9. The van der Waals surface area contributed by atoms with Crippen LogP contribution in [0.1, 0.15) is 28.4 Å². The maximum atomic E-state index is 12.4.